The van der Waals surface area contributed by atoms with Crippen LogP contribution in [-0.4, -0.2) is 22.1 Å². The molecule has 0 spiro atoms. The first-order valence-corrected chi connectivity index (χ1v) is 8.40. The van der Waals surface area contributed by atoms with Gasteiger partial charge in [-0.15, -0.1) is 0 Å². The van der Waals surface area contributed by atoms with Gasteiger partial charge in [0.1, 0.15) is 17.3 Å². The lowest BCUT2D eigenvalue weighted by molar-refractivity contribution is 0.0920. The molecule has 2 heterocycles. The van der Waals surface area contributed by atoms with E-state index < -0.39 is 0 Å². The monoisotopic (exact) mass is 406 g/mol. The van der Waals surface area contributed by atoms with Gasteiger partial charge in [-0.25, -0.2) is 4.39 Å². The fraction of sp³-hybridized carbons (Fsp3) is 0.222. The van der Waals surface area contributed by atoms with E-state index in [1.165, 1.54) is 18.2 Å². The number of ketones is 1. The summed E-state index contributed by atoms with van der Waals surface area (Å²) in [6, 6.07) is 7.65. The summed E-state index contributed by atoms with van der Waals surface area (Å²) in [6.45, 7) is 5.40. The van der Waals surface area contributed by atoms with Crippen LogP contribution in [0.15, 0.2) is 39.3 Å². The van der Waals surface area contributed by atoms with Crippen LogP contribution in [0.2, 0.25) is 0 Å². The number of hydrogen-bond donors (Lipinski definition) is 0. The molecular weight excluding hydrogens is 391 g/mol. The number of carbonyl (C=O) groups excluding carboxylic acids is 1. The summed E-state index contributed by atoms with van der Waals surface area (Å²) in [6.07, 6.45) is 0. The van der Waals surface area contributed by atoms with Gasteiger partial charge in [0.15, 0.2) is 12.4 Å². The molecule has 0 saturated heterocycles. The van der Waals surface area contributed by atoms with E-state index in [1.54, 1.807) is 12.1 Å². The van der Waals surface area contributed by atoms with Crippen molar-refractivity contribution < 1.29 is 18.4 Å². The van der Waals surface area contributed by atoms with Gasteiger partial charge >= 0.3 is 0 Å². The third kappa shape index (κ3) is 3.51. The molecule has 0 saturated carbocycles. The van der Waals surface area contributed by atoms with Crippen LogP contribution in [0, 0.1) is 26.6 Å². The van der Waals surface area contributed by atoms with Gasteiger partial charge in [0, 0.05) is 23.0 Å². The zero-order chi connectivity index (χ0) is 18.1. The van der Waals surface area contributed by atoms with Crippen molar-refractivity contribution in [2.75, 3.05) is 6.61 Å². The summed E-state index contributed by atoms with van der Waals surface area (Å²) in [5.74, 6) is 1.19. The maximum Gasteiger partial charge on any atom is 0.202 e. The first kappa shape index (κ1) is 17.4. The second-order valence-corrected chi connectivity index (χ2v) is 6.56. The topological polar surface area (TPSA) is 57.3 Å². The molecule has 0 aliphatic carbocycles. The van der Waals surface area contributed by atoms with Crippen LogP contribution in [0.5, 0.6) is 5.75 Å². The molecule has 0 unspecified atom stereocenters. The predicted molar refractivity (Wildman–Crippen MR) is 94.0 cm³/mol. The smallest absolute Gasteiger partial charge is 0.202 e. The zero-order valence-corrected chi connectivity index (χ0v) is 15.6. The number of ether oxygens (including phenoxy) is 1. The number of aryl methyl sites for hydroxylation is 2. The summed E-state index contributed by atoms with van der Waals surface area (Å²) in [5.41, 5.74) is 2.19. The zero-order valence-electron chi connectivity index (χ0n) is 14.0. The fourth-order valence-electron chi connectivity index (χ4n) is 2.67. The maximum absolute atomic E-state index is 13.1. The fourth-order valence-corrected chi connectivity index (χ4v) is 3.13. The molecule has 0 bridgehead atoms. The molecule has 2 aromatic heterocycles. The Morgan fingerprint density at radius 3 is 2.68 bits per heavy atom. The molecule has 0 fully saturated rings. The molecule has 0 N–H and O–H groups in total. The van der Waals surface area contributed by atoms with Crippen LogP contribution in [0.1, 0.15) is 27.5 Å². The minimum absolute atomic E-state index is 0.146. The number of benzene rings is 1. The number of halogens is 2. The lowest BCUT2D eigenvalue weighted by Crippen LogP contribution is -2.13. The van der Waals surface area contributed by atoms with Gasteiger partial charge in [-0.2, -0.15) is 0 Å². The molecule has 0 aliphatic rings. The molecule has 0 aliphatic heterocycles. The average molecular weight is 407 g/mol. The van der Waals surface area contributed by atoms with Crippen LogP contribution < -0.4 is 4.74 Å². The van der Waals surface area contributed by atoms with Gasteiger partial charge in [-0.1, -0.05) is 5.16 Å². The summed E-state index contributed by atoms with van der Waals surface area (Å²) < 4.78 is 26.1. The van der Waals surface area contributed by atoms with Gasteiger partial charge in [0.05, 0.1) is 4.47 Å². The van der Waals surface area contributed by atoms with E-state index in [9.17, 15) is 9.18 Å². The first-order chi connectivity index (χ1) is 11.9. The van der Waals surface area contributed by atoms with E-state index in [1.807, 2.05) is 25.3 Å². The quantitative estimate of drug-likeness (QED) is 0.583. The van der Waals surface area contributed by atoms with Crippen molar-refractivity contribution >= 4 is 21.7 Å². The Kier molecular flexibility index (Phi) is 4.76. The van der Waals surface area contributed by atoms with Gasteiger partial charge in [-0.05, 0) is 61.0 Å². The molecule has 0 atom stereocenters. The normalized spacial score (nSPS) is 10.9. The molecular formula is C18H16BrFN2O3. The Labute approximate surface area is 152 Å². The Bertz CT molecular complexity index is 946. The highest BCUT2D eigenvalue weighted by molar-refractivity contribution is 9.10. The Morgan fingerprint density at radius 1 is 1.28 bits per heavy atom. The maximum atomic E-state index is 13.1. The standard InChI is InChI=1S/C18H16BrFN2O3/c1-10-6-14(12(3)22(10)18-7-11(2)25-21-18)16(23)9-24-17-5-4-13(20)8-15(17)19/h4-8H,9H2,1-3H3. The second-order valence-electron chi connectivity index (χ2n) is 5.70. The molecule has 5 nitrogen and oxygen atoms in total. The van der Waals surface area contributed by atoms with E-state index >= 15 is 0 Å². The van der Waals surface area contributed by atoms with Crippen molar-refractivity contribution in [1.82, 2.24) is 9.72 Å². The number of aromatic nitrogens is 2. The second kappa shape index (κ2) is 6.84. The first-order valence-electron chi connectivity index (χ1n) is 7.60. The van der Waals surface area contributed by atoms with Crippen LogP contribution in [0.25, 0.3) is 5.82 Å². The summed E-state index contributed by atoms with van der Waals surface area (Å²) in [5, 5.41) is 4.00. The van der Waals surface area contributed by atoms with Crippen molar-refractivity contribution in [3.8, 4) is 11.6 Å². The van der Waals surface area contributed by atoms with Crippen LogP contribution in [0.3, 0.4) is 0 Å². The minimum Gasteiger partial charge on any atom is -0.484 e. The molecule has 1 aromatic carbocycles. The Balaban J connectivity index is 1.81. The third-order valence-electron chi connectivity index (χ3n) is 3.83. The van der Waals surface area contributed by atoms with E-state index in [-0.39, 0.29) is 18.2 Å². The molecule has 0 radical (unpaired) electrons. The van der Waals surface area contributed by atoms with Crippen LogP contribution in [0.4, 0.5) is 4.39 Å². The van der Waals surface area contributed by atoms with Gasteiger partial charge in [-0.3, -0.25) is 9.36 Å². The van der Waals surface area contributed by atoms with Gasteiger partial charge in [0.2, 0.25) is 5.78 Å². The lowest BCUT2D eigenvalue weighted by atomic mass is 10.1. The summed E-state index contributed by atoms with van der Waals surface area (Å²) in [7, 11) is 0. The molecule has 7 heteroatoms. The SMILES string of the molecule is Cc1cc(-n2c(C)cc(C(=O)COc3ccc(F)cc3Br)c2C)no1. The predicted octanol–water partition coefficient (Wildman–Crippen LogP) is 4.55. The van der Waals surface area contributed by atoms with Crippen LogP contribution in [-0.2, 0) is 0 Å². The van der Waals surface area contributed by atoms with Gasteiger partial charge in [0.25, 0.3) is 0 Å². The third-order valence-corrected chi connectivity index (χ3v) is 4.45. The van der Waals surface area contributed by atoms with E-state index in [0.717, 1.165) is 11.4 Å². The van der Waals surface area contributed by atoms with Crippen molar-refractivity contribution in [2.45, 2.75) is 20.8 Å². The summed E-state index contributed by atoms with van der Waals surface area (Å²) >= 11 is 3.22. The number of carbonyl (C=O) groups is 1. The highest BCUT2D eigenvalue weighted by Gasteiger charge is 2.19. The highest BCUT2D eigenvalue weighted by Crippen LogP contribution is 2.26. The molecule has 130 valence electrons. The Hall–Kier alpha value is -2.41. The number of rotatable bonds is 5. The highest BCUT2D eigenvalue weighted by atomic mass is 79.9. The lowest BCUT2D eigenvalue weighted by Gasteiger charge is -2.08. The van der Waals surface area contributed by atoms with Crippen LogP contribution >= 0.6 is 15.9 Å². The van der Waals surface area contributed by atoms with Gasteiger partial charge < -0.3 is 9.26 Å². The van der Waals surface area contributed by atoms with Crippen molar-refractivity contribution in [3.63, 3.8) is 0 Å². The molecule has 0 amide bonds. The number of hydrogen-bond acceptors (Lipinski definition) is 4. The van der Waals surface area contributed by atoms with Crippen molar-refractivity contribution in [3.05, 3.63) is 63.3 Å². The van der Waals surface area contributed by atoms with E-state index in [4.69, 9.17) is 9.26 Å². The number of nitrogens with zero attached hydrogens (tertiary/aromatic N) is 2. The largest absolute Gasteiger partial charge is 0.484 e. The van der Waals surface area contributed by atoms with E-state index in [2.05, 4.69) is 21.1 Å². The Morgan fingerprint density at radius 2 is 2.04 bits per heavy atom. The molecule has 3 aromatic rings. The van der Waals surface area contributed by atoms with Crippen molar-refractivity contribution in [2.24, 2.45) is 0 Å². The van der Waals surface area contributed by atoms with E-state index in [0.29, 0.717) is 27.4 Å². The average Bonchev–Trinajstić information content (AvgIpc) is 3.09. The summed E-state index contributed by atoms with van der Waals surface area (Å²) in [4.78, 5) is 12.5. The molecule has 3 rings (SSSR count). The number of Topliss-reactive ketones (excluding diaryl/α,β-unsaturated/α-hetero) is 1. The van der Waals surface area contributed by atoms with Crippen molar-refractivity contribution in [1.29, 1.82) is 0 Å². The minimum atomic E-state index is -0.378. The molecule has 25 heavy (non-hydrogen) atoms.